The molecule has 152 valence electrons. The van der Waals surface area contributed by atoms with Gasteiger partial charge in [-0.3, -0.25) is 9.69 Å². The Balaban J connectivity index is 1.56. The fraction of sp³-hybridized carbons (Fsp3) is 0.200. The van der Waals surface area contributed by atoms with Crippen LogP contribution in [0.5, 0.6) is 0 Å². The van der Waals surface area contributed by atoms with Gasteiger partial charge in [0.2, 0.25) is 5.91 Å². The molecule has 0 bridgehead atoms. The molecular weight excluding hydrogens is 392 g/mol. The standard InChI is InChI=1S/C25H24N2O2S/c1-3-19(15-18-9-5-4-6-10-18)24(28)27(2)25-26-23(17-30-25)22-12-8-7-11-21(22)20-13-14-29-16-20/h4-14,16-17,19H,3,15H2,1-2H3/t19-/m1/s1. The lowest BCUT2D eigenvalue weighted by molar-refractivity contribution is -0.122. The average Bonchev–Trinajstić information content (AvgIpc) is 3.50. The fourth-order valence-electron chi connectivity index (χ4n) is 3.59. The molecule has 0 radical (unpaired) electrons. The topological polar surface area (TPSA) is 46.3 Å². The minimum absolute atomic E-state index is 0.0667. The van der Waals surface area contributed by atoms with E-state index in [9.17, 15) is 4.79 Å². The third kappa shape index (κ3) is 4.21. The smallest absolute Gasteiger partial charge is 0.231 e. The second-order valence-corrected chi connectivity index (χ2v) is 8.10. The van der Waals surface area contributed by atoms with Crippen LogP contribution in [0.2, 0.25) is 0 Å². The van der Waals surface area contributed by atoms with Crippen LogP contribution >= 0.6 is 11.3 Å². The first-order valence-corrected chi connectivity index (χ1v) is 10.9. The van der Waals surface area contributed by atoms with Gasteiger partial charge >= 0.3 is 0 Å². The van der Waals surface area contributed by atoms with Crippen LogP contribution in [0.3, 0.4) is 0 Å². The van der Waals surface area contributed by atoms with Crippen LogP contribution in [-0.4, -0.2) is 17.9 Å². The molecule has 5 heteroatoms. The van der Waals surface area contributed by atoms with E-state index in [1.807, 2.05) is 54.9 Å². The van der Waals surface area contributed by atoms with Gasteiger partial charge in [-0.25, -0.2) is 4.98 Å². The lowest BCUT2D eigenvalue weighted by Gasteiger charge is -2.21. The lowest BCUT2D eigenvalue weighted by Crippen LogP contribution is -2.33. The van der Waals surface area contributed by atoms with Gasteiger partial charge in [0.05, 0.1) is 18.2 Å². The van der Waals surface area contributed by atoms with E-state index in [-0.39, 0.29) is 11.8 Å². The molecule has 4 nitrogen and oxygen atoms in total. The monoisotopic (exact) mass is 416 g/mol. The summed E-state index contributed by atoms with van der Waals surface area (Å²) in [6.07, 6.45) is 4.93. The van der Waals surface area contributed by atoms with Crippen LogP contribution in [0.4, 0.5) is 5.13 Å². The summed E-state index contributed by atoms with van der Waals surface area (Å²) in [5.41, 5.74) is 5.15. The van der Waals surface area contributed by atoms with Gasteiger partial charge in [-0.1, -0.05) is 61.5 Å². The summed E-state index contributed by atoms with van der Waals surface area (Å²) in [6.45, 7) is 2.06. The number of amides is 1. The maximum Gasteiger partial charge on any atom is 0.231 e. The Hall–Kier alpha value is -3.18. The summed E-state index contributed by atoms with van der Waals surface area (Å²) in [5, 5.41) is 2.72. The number of rotatable bonds is 7. The zero-order valence-corrected chi connectivity index (χ0v) is 17.9. The van der Waals surface area contributed by atoms with Gasteiger partial charge in [-0.05, 0) is 30.0 Å². The predicted molar refractivity (Wildman–Crippen MR) is 123 cm³/mol. The molecule has 0 spiro atoms. The first kappa shape index (κ1) is 20.1. The van der Waals surface area contributed by atoms with Crippen molar-refractivity contribution in [3.63, 3.8) is 0 Å². The number of hydrogen-bond acceptors (Lipinski definition) is 4. The van der Waals surface area contributed by atoms with E-state index in [2.05, 4.69) is 25.1 Å². The molecule has 0 aliphatic rings. The molecule has 0 saturated heterocycles. The van der Waals surface area contributed by atoms with Crippen LogP contribution in [0.1, 0.15) is 18.9 Å². The Labute approximate surface area is 180 Å². The minimum Gasteiger partial charge on any atom is -0.472 e. The third-order valence-corrected chi connectivity index (χ3v) is 6.23. The molecule has 0 unspecified atom stereocenters. The number of hydrogen-bond donors (Lipinski definition) is 0. The van der Waals surface area contributed by atoms with Crippen molar-refractivity contribution in [3.05, 3.63) is 84.1 Å². The molecule has 2 aromatic carbocycles. The van der Waals surface area contributed by atoms with Crippen LogP contribution in [0.25, 0.3) is 22.4 Å². The van der Waals surface area contributed by atoms with Crippen molar-refractivity contribution in [1.82, 2.24) is 4.98 Å². The van der Waals surface area contributed by atoms with E-state index in [0.717, 1.165) is 35.2 Å². The molecule has 0 aliphatic carbocycles. The van der Waals surface area contributed by atoms with Crippen molar-refractivity contribution < 1.29 is 9.21 Å². The van der Waals surface area contributed by atoms with Crippen molar-refractivity contribution in [2.24, 2.45) is 5.92 Å². The van der Waals surface area contributed by atoms with Crippen molar-refractivity contribution in [2.45, 2.75) is 19.8 Å². The zero-order valence-electron chi connectivity index (χ0n) is 17.1. The largest absolute Gasteiger partial charge is 0.472 e. The molecule has 0 N–H and O–H groups in total. The highest BCUT2D eigenvalue weighted by Crippen LogP contribution is 2.35. The van der Waals surface area contributed by atoms with Crippen molar-refractivity contribution in [1.29, 1.82) is 0 Å². The lowest BCUT2D eigenvalue weighted by atomic mass is 9.96. The Morgan fingerprint density at radius 1 is 1.07 bits per heavy atom. The predicted octanol–water partition coefficient (Wildman–Crippen LogP) is 6.30. The first-order chi connectivity index (χ1) is 14.7. The summed E-state index contributed by atoms with van der Waals surface area (Å²) < 4.78 is 5.25. The number of benzene rings is 2. The number of anilines is 1. The molecule has 0 saturated carbocycles. The van der Waals surface area contributed by atoms with Crippen molar-refractivity contribution in [2.75, 3.05) is 11.9 Å². The van der Waals surface area contributed by atoms with E-state index in [1.165, 1.54) is 16.9 Å². The van der Waals surface area contributed by atoms with E-state index >= 15 is 0 Å². The number of carbonyl (C=O) groups excluding carboxylic acids is 1. The summed E-state index contributed by atoms with van der Waals surface area (Å²) in [5.74, 6) is 0.0355. The van der Waals surface area contributed by atoms with Crippen LogP contribution in [0, 0.1) is 5.92 Å². The molecule has 2 heterocycles. The Kier molecular flexibility index (Phi) is 6.10. The number of nitrogens with zero attached hydrogens (tertiary/aromatic N) is 2. The van der Waals surface area contributed by atoms with Gasteiger partial charge in [-0.15, -0.1) is 11.3 Å². The zero-order chi connectivity index (χ0) is 20.9. The third-order valence-electron chi connectivity index (χ3n) is 5.31. The summed E-state index contributed by atoms with van der Waals surface area (Å²) in [6, 6.07) is 20.2. The normalized spacial score (nSPS) is 11.9. The van der Waals surface area contributed by atoms with Gasteiger partial charge in [0.25, 0.3) is 0 Å². The second kappa shape index (κ2) is 9.09. The second-order valence-electron chi connectivity index (χ2n) is 7.27. The minimum atomic E-state index is -0.0667. The molecular formula is C25H24N2O2S. The van der Waals surface area contributed by atoms with Crippen LogP contribution < -0.4 is 4.90 Å². The van der Waals surface area contributed by atoms with Crippen molar-refractivity contribution >= 4 is 22.4 Å². The van der Waals surface area contributed by atoms with E-state index < -0.39 is 0 Å². The van der Waals surface area contributed by atoms with Crippen LogP contribution in [0.15, 0.2) is 83.0 Å². The summed E-state index contributed by atoms with van der Waals surface area (Å²) in [4.78, 5) is 19.6. The molecule has 1 atom stereocenters. The molecule has 0 fully saturated rings. The molecule has 2 aromatic heterocycles. The van der Waals surface area contributed by atoms with Gasteiger partial charge in [0, 0.05) is 29.5 Å². The molecule has 30 heavy (non-hydrogen) atoms. The Bertz CT molecular complexity index is 1100. The molecule has 0 aliphatic heterocycles. The van der Waals surface area contributed by atoms with Gasteiger partial charge in [0.15, 0.2) is 5.13 Å². The van der Waals surface area contributed by atoms with Gasteiger partial charge in [-0.2, -0.15) is 0 Å². The highest BCUT2D eigenvalue weighted by molar-refractivity contribution is 7.14. The SMILES string of the molecule is CC[C@H](Cc1ccccc1)C(=O)N(C)c1nc(-c2ccccc2-c2ccoc2)cs1. The van der Waals surface area contributed by atoms with Crippen LogP contribution in [-0.2, 0) is 11.2 Å². The Morgan fingerprint density at radius 3 is 2.50 bits per heavy atom. The quantitative estimate of drug-likeness (QED) is 0.355. The highest BCUT2D eigenvalue weighted by atomic mass is 32.1. The first-order valence-electron chi connectivity index (χ1n) is 10.1. The summed E-state index contributed by atoms with van der Waals surface area (Å²) >= 11 is 1.49. The number of aromatic nitrogens is 1. The molecule has 4 rings (SSSR count). The average molecular weight is 417 g/mol. The van der Waals surface area contributed by atoms with Crippen molar-refractivity contribution in [3.8, 4) is 22.4 Å². The van der Waals surface area contributed by atoms with Gasteiger partial charge in [0.1, 0.15) is 0 Å². The van der Waals surface area contributed by atoms with E-state index in [1.54, 1.807) is 17.4 Å². The number of thiazole rings is 1. The maximum absolute atomic E-state index is 13.2. The highest BCUT2D eigenvalue weighted by Gasteiger charge is 2.24. The Morgan fingerprint density at radius 2 is 1.80 bits per heavy atom. The van der Waals surface area contributed by atoms with Gasteiger partial charge < -0.3 is 4.42 Å². The molecule has 4 aromatic rings. The number of furan rings is 1. The maximum atomic E-state index is 13.2. The molecule has 1 amide bonds. The fourth-order valence-corrected chi connectivity index (χ4v) is 4.39. The summed E-state index contributed by atoms with van der Waals surface area (Å²) in [7, 11) is 1.82. The van der Waals surface area contributed by atoms with E-state index in [0.29, 0.717) is 5.13 Å². The van der Waals surface area contributed by atoms with E-state index in [4.69, 9.17) is 9.40 Å². The number of carbonyl (C=O) groups is 1.